The molecule has 0 radical (unpaired) electrons. The lowest BCUT2D eigenvalue weighted by molar-refractivity contribution is -0.384. The van der Waals surface area contributed by atoms with Crippen molar-refractivity contribution in [2.45, 2.75) is 45.7 Å². The number of aliphatic carboxylic acids is 1. The number of carbonyl (C=O) groups excluding carboxylic acids is 1. The van der Waals surface area contributed by atoms with Gasteiger partial charge in [0.25, 0.3) is 5.69 Å². The maximum Gasteiger partial charge on any atom is 0.336 e. The minimum Gasteiger partial charge on any atom is -0.481 e. The fourth-order valence-corrected chi connectivity index (χ4v) is 5.26. The third-order valence-electron chi connectivity index (χ3n) is 7.10. The molecule has 1 aliphatic rings. The van der Waals surface area contributed by atoms with E-state index in [-0.39, 0.29) is 24.3 Å². The Morgan fingerprint density at radius 3 is 2.51 bits per heavy atom. The third-order valence-corrected chi connectivity index (χ3v) is 7.35. The predicted molar refractivity (Wildman–Crippen MR) is 140 cm³/mol. The van der Waals surface area contributed by atoms with Crippen LogP contribution in [0.5, 0.6) is 0 Å². The van der Waals surface area contributed by atoms with Gasteiger partial charge in [0.1, 0.15) is 6.61 Å². The number of non-ortho nitro benzene ring substituents is 1. The Hall–Kier alpha value is -3.43. The number of allylic oxidation sites excluding steroid dienone is 1. The lowest BCUT2D eigenvalue weighted by Gasteiger charge is -2.46. The molecule has 3 unspecified atom stereocenters. The molecule has 37 heavy (non-hydrogen) atoms. The number of likely N-dealkylation sites (N-methyl/N-ethyl adjacent to an activating group) is 1. The lowest BCUT2D eigenvalue weighted by Crippen LogP contribution is -2.56. The molecule has 0 amide bonds. The van der Waals surface area contributed by atoms with Crippen LogP contribution in [0.2, 0.25) is 5.02 Å². The van der Waals surface area contributed by atoms with E-state index >= 15 is 0 Å². The van der Waals surface area contributed by atoms with Crippen LogP contribution >= 0.6 is 11.6 Å². The average molecular weight is 530 g/mol. The number of carbonyl (C=O) groups is 2. The van der Waals surface area contributed by atoms with Crippen molar-refractivity contribution in [2.75, 3.05) is 20.2 Å². The van der Waals surface area contributed by atoms with Crippen molar-refractivity contribution in [3.63, 3.8) is 0 Å². The number of halogens is 1. The summed E-state index contributed by atoms with van der Waals surface area (Å²) in [6.45, 7) is 6.35. The van der Waals surface area contributed by atoms with Crippen molar-refractivity contribution in [3.05, 3.63) is 86.1 Å². The number of carboxylic acid groups (broad SMARTS) is 1. The number of hydrogen-bond donors (Lipinski definition) is 2. The van der Waals surface area contributed by atoms with Crippen LogP contribution in [0, 0.1) is 15.5 Å². The van der Waals surface area contributed by atoms with Crippen LogP contribution < -0.4 is 5.32 Å². The standard InChI is InChI=1S/C27H32ClN3O6/c1-5-27(26(33)34)18(3)29-17(2)23(24(27)20-7-6-8-22(15-20)31(35)36)25(32)37-14-13-30(4)16-19-9-11-21(28)12-10-19/h6-12,15,18,24,29H,5,13-14,16H2,1-4H3,(H,33,34). The summed E-state index contributed by atoms with van der Waals surface area (Å²) in [5.74, 6) is -2.68. The number of nitro groups is 1. The topological polar surface area (TPSA) is 122 Å². The Morgan fingerprint density at radius 1 is 1.24 bits per heavy atom. The molecule has 3 rings (SSSR count). The summed E-state index contributed by atoms with van der Waals surface area (Å²) in [5, 5.41) is 25.7. The first-order valence-electron chi connectivity index (χ1n) is 12.1. The van der Waals surface area contributed by atoms with Gasteiger partial charge < -0.3 is 15.2 Å². The van der Waals surface area contributed by atoms with E-state index in [1.54, 1.807) is 26.8 Å². The lowest BCUT2D eigenvalue weighted by atomic mass is 9.61. The molecule has 0 saturated heterocycles. The average Bonchev–Trinajstić information content (AvgIpc) is 2.85. The Labute approximate surface area is 221 Å². The van der Waals surface area contributed by atoms with E-state index in [4.69, 9.17) is 16.3 Å². The van der Waals surface area contributed by atoms with Crippen molar-refractivity contribution in [1.29, 1.82) is 0 Å². The van der Waals surface area contributed by atoms with Crippen molar-refractivity contribution in [1.82, 2.24) is 10.2 Å². The smallest absolute Gasteiger partial charge is 0.336 e. The molecule has 0 fully saturated rings. The highest BCUT2D eigenvalue weighted by molar-refractivity contribution is 6.30. The SMILES string of the molecule is CCC1(C(=O)O)C(C)NC(C)=C(C(=O)OCCN(C)Cc2ccc(Cl)cc2)C1c1cccc([N+](=O)[O-])c1. The van der Waals surface area contributed by atoms with E-state index in [0.717, 1.165) is 5.56 Å². The molecule has 9 nitrogen and oxygen atoms in total. The van der Waals surface area contributed by atoms with Gasteiger partial charge in [0, 0.05) is 47.9 Å². The van der Waals surface area contributed by atoms with Crippen LogP contribution in [-0.4, -0.2) is 53.1 Å². The number of nitrogens with zero attached hydrogens (tertiary/aromatic N) is 2. The van der Waals surface area contributed by atoms with Crippen molar-refractivity contribution < 1.29 is 24.4 Å². The molecule has 1 aliphatic heterocycles. The summed E-state index contributed by atoms with van der Waals surface area (Å²) >= 11 is 5.94. The van der Waals surface area contributed by atoms with Gasteiger partial charge in [-0.25, -0.2) is 4.79 Å². The van der Waals surface area contributed by atoms with Gasteiger partial charge in [0.2, 0.25) is 0 Å². The summed E-state index contributed by atoms with van der Waals surface area (Å²) in [6, 6.07) is 12.8. The quantitative estimate of drug-likeness (QED) is 0.257. The molecule has 2 aromatic rings. The maximum absolute atomic E-state index is 13.4. The zero-order valence-electron chi connectivity index (χ0n) is 21.4. The summed E-state index contributed by atoms with van der Waals surface area (Å²) in [7, 11) is 1.90. The predicted octanol–water partition coefficient (Wildman–Crippen LogP) is 4.75. The normalized spacial score (nSPS) is 21.5. The number of nitro benzene ring substituents is 1. The molecule has 10 heteroatoms. The molecule has 0 spiro atoms. The van der Waals surface area contributed by atoms with Gasteiger partial charge in [-0.05, 0) is 50.6 Å². The fourth-order valence-electron chi connectivity index (χ4n) is 5.13. The second-order valence-electron chi connectivity index (χ2n) is 9.39. The first-order chi connectivity index (χ1) is 17.5. The van der Waals surface area contributed by atoms with Crippen molar-refractivity contribution in [3.8, 4) is 0 Å². The van der Waals surface area contributed by atoms with Crippen LogP contribution in [0.1, 0.15) is 44.2 Å². The Bertz CT molecular complexity index is 1200. The molecule has 0 aliphatic carbocycles. The van der Waals surface area contributed by atoms with Gasteiger partial charge in [-0.1, -0.05) is 42.8 Å². The fraction of sp³-hybridized carbons (Fsp3) is 0.407. The van der Waals surface area contributed by atoms with Crippen LogP contribution in [0.15, 0.2) is 59.8 Å². The monoisotopic (exact) mass is 529 g/mol. The number of benzene rings is 2. The summed E-state index contributed by atoms with van der Waals surface area (Å²) in [6.07, 6.45) is 0.192. The number of hydrogen-bond acceptors (Lipinski definition) is 7. The van der Waals surface area contributed by atoms with E-state index in [1.807, 2.05) is 36.2 Å². The van der Waals surface area contributed by atoms with Gasteiger partial charge in [0.15, 0.2) is 0 Å². The molecule has 2 N–H and O–H groups in total. The zero-order chi connectivity index (χ0) is 27.3. The van der Waals surface area contributed by atoms with Gasteiger partial charge in [-0.3, -0.25) is 19.8 Å². The number of ether oxygens (including phenoxy) is 1. The van der Waals surface area contributed by atoms with Crippen molar-refractivity contribution >= 4 is 29.2 Å². The molecule has 198 valence electrons. The van der Waals surface area contributed by atoms with Gasteiger partial charge in [-0.2, -0.15) is 0 Å². The Balaban J connectivity index is 1.88. The largest absolute Gasteiger partial charge is 0.481 e. The van der Waals surface area contributed by atoms with E-state index in [1.165, 1.54) is 18.2 Å². The van der Waals surface area contributed by atoms with Crippen molar-refractivity contribution in [2.24, 2.45) is 5.41 Å². The van der Waals surface area contributed by atoms with Gasteiger partial charge >= 0.3 is 11.9 Å². The van der Waals surface area contributed by atoms with Gasteiger partial charge in [0.05, 0.1) is 15.9 Å². The third kappa shape index (κ3) is 5.94. The molecular formula is C27H32ClN3O6. The van der Waals surface area contributed by atoms with E-state index in [2.05, 4.69) is 5.32 Å². The minimum absolute atomic E-state index is 0.0864. The number of nitrogens with one attached hydrogen (secondary N) is 1. The van der Waals surface area contributed by atoms with E-state index < -0.39 is 34.2 Å². The molecular weight excluding hydrogens is 498 g/mol. The molecule has 0 aromatic heterocycles. The Kier molecular flexibility index (Phi) is 8.94. The summed E-state index contributed by atoms with van der Waals surface area (Å²) in [4.78, 5) is 39.1. The number of carboxylic acids is 1. The summed E-state index contributed by atoms with van der Waals surface area (Å²) in [5.41, 5.74) is 0.513. The maximum atomic E-state index is 13.4. The summed E-state index contributed by atoms with van der Waals surface area (Å²) < 4.78 is 5.64. The number of esters is 1. The molecule has 0 saturated carbocycles. The van der Waals surface area contributed by atoms with Crippen LogP contribution in [0.4, 0.5) is 5.69 Å². The first kappa shape index (κ1) is 28.1. The first-order valence-corrected chi connectivity index (χ1v) is 12.4. The highest BCUT2D eigenvalue weighted by Crippen LogP contribution is 2.50. The number of rotatable bonds is 10. The van der Waals surface area contributed by atoms with Crippen LogP contribution in [0.3, 0.4) is 0 Å². The minimum atomic E-state index is -1.42. The molecule has 2 aromatic carbocycles. The highest BCUT2D eigenvalue weighted by atomic mass is 35.5. The second-order valence-corrected chi connectivity index (χ2v) is 9.83. The Morgan fingerprint density at radius 2 is 1.92 bits per heavy atom. The van der Waals surface area contributed by atoms with Crippen LogP contribution in [0.25, 0.3) is 0 Å². The van der Waals surface area contributed by atoms with Gasteiger partial charge in [-0.15, -0.1) is 0 Å². The molecule has 1 heterocycles. The van der Waals surface area contributed by atoms with E-state index in [0.29, 0.717) is 29.4 Å². The zero-order valence-corrected chi connectivity index (χ0v) is 22.1. The van der Waals surface area contributed by atoms with E-state index in [9.17, 15) is 24.8 Å². The molecule has 0 bridgehead atoms. The second kappa shape index (κ2) is 11.7. The highest BCUT2D eigenvalue weighted by Gasteiger charge is 2.55. The molecule has 3 atom stereocenters. The van der Waals surface area contributed by atoms with Crippen LogP contribution in [-0.2, 0) is 20.9 Å².